The van der Waals surface area contributed by atoms with E-state index in [1.807, 2.05) is 32.1 Å². The highest BCUT2D eigenvalue weighted by atomic mass is 32.1. The number of allylic oxidation sites excluding steroid dienone is 4. The maximum absolute atomic E-state index is 12.2. The first-order valence-electron chi connectivity index (χ1n) is 11.4. The van der Waals surface area contributed by atoms with E-state index in [1.54, 1.807) is 18.4 Å². The van der Waals surface area contributed by atoms with Gasteiger partial charge in [0, 0.05) is 5.56 Å². The molecule has 1 heterocycles. The zero-order valence-corrected chi connectivity index (χ0v) is 20.0. The summed E-state index contributed by atoms with van der Waals surface area (Å²) in [7, 11) is 1.77. The molecule has 1 amide bonds. The summed E-state index contributed by atoms with van der Waals surface area (Å²) < 4.78 is 5.80. The second-order valence-corrected chi connectivity index (χ2v) is 9.62. The molecule has 0 aliphatic heterocycles. The molecule has 8 heteroatoms. The van der Waals surface area contributed by atoms with Crippen LogP contribution in [-0.2, 0) is 16.0 Å². The van der Waals surface area contributed by atoms with Crippen molar-refractivity contribution in [3.05, 3.63) is 52.2 Å². The molecule has 172 valence electrons. The molecule has 0 spiro atoms. The number of ether oxygens (including phenoxy) is 1. The van der Waals surface area contributed by atoms with E-state index in [0.29, 0.717) is 18.7 Å². The summed E-state index contributed by atoms with van der Waals surface area (Å²) in [5.74, 6) is 0.403. The van der Waals surface area contributed by atoms with Crippen molar-refractivity contribution >= 4 is 22.8 Å². The number of rotatable bonds is 7. The fraction of sp³-hybridized carbons (Fsp3) is 0.440. The maximum Gasteiger partial charge on any atom is 0.234 e. The lowest BCUT2D eigenvalue weighted by molar-refractivity contribution is -0.121. The van der Waals surface area contributed by atoms with E-state index in [2.05, 4.69) is 39.0 Å². The number of aromatic nitrogens is 2. The van der Waals surface area contributed by atoms with Crippen molar-refractivity contribution in [1.82, 2.24) is 20.8 Å². The van der Waals surface area contributed by atoms with E-state index in [9.17, 15) is 10.1 Å². The molecular weight excluding hydrogens is 434 g/mol. The lowest BCUT2D eigenvalue weighted by Crippen LogP contribution is -2.36. The van der Waals surface area contributed by atoms with Gasteiger partial charge in [0.05, 0.1) is 24.8 Å². The zero-order valence-electron chi connectivity index (χ0n) is 19.2. The number of nitrogens with one attached hydrogen (secondary N) is 2. The van der Waals surface area contributed by atoms with Gasteiger partial charge < -0.3 is 15.4 Å². The van der Waals surface area contributed by atoms with Gasteiger partial charge in [-0.2, -0.15) is 5.26 Å². The largest absolute Gasteiger partial charge is 0.494 e. The van der Waals surface area contributed by atoms with E-state index in [-0.39, 0.29) is 24.0 Å². The van der Waals surface area contributed by atoms with Gasteiger partial charge in [-0.3, -0.25) is 4.79 Å². The average molecular weight is 464 g/mol. The first-order chi connectivity index (χ1) is 16.0. The van der Waals surface area contributed by atoms with Crippen molar-refractivity contribution in [3.63, 3.8) is 0 Å². The number of amides is 1. The van der Waals surface area contributed by atoms with Gasteiger partial charge in [0.15, 0.2) is 0 Å². The van der Waals surface area contributed by atoms with Gasteiger partial charge in [0.2, 0.25) is 5.91 Å². The topological polar surface area (TPSA) is 99.9 Å². The van der Waals surface area contributed by atoms with Gasteiger partial charge in [-0.15, -0.1) is 10.2 Å². The van der Waals surface area contributed by atoms with Gasteiger partial charge >= 0.3 is 0 Å². The molecule has 1 aromatic carbocycles. The second-order valence-electron chi connectivity index (χ2n) is 8.64. The molecule has 0 saturated heterocycles. The molecule has 2 aliphatic rings. The van der Waals surface area contributed by atoms with E-state index in [1.165, 1.54) is 11.1 Å². The quantitative estimate of drug-likeness (QED) is 0.640. The van der Waals surface area contributed by atoms with Crippen molar-refractivity contribution in [2.75, 3.05) is 13.6 Å². The Morgan fingerprint density at radius 1 is 1.30 bits per heavy atom. The minimum Gasteiger partial charge on any atom is -0.494 e. The van der Waals surface area contributed by atoms with Crippen LogP contribution in [0.1, 0.15) is 55.3 Å². The molecule has 2 aliphatic carbocycles. The molecule has 2 aromatic rings. The Kier molecular flexibility index (Phi) is 7.21. The lowest BCUT2D eigenvalue weighted by Gasteiger charge is -2.27. The van der Waals surface area contributed by atoms with E-state index in [0.717, 1.165) is 40.4 Å². The predicted octanol–water partition coefficient (Wildman–Crippen LogP) is 4.15. The summed E-state index contributed by atoms with van der Waals surface area (Å²) in [4.78, 5) is 12.2. The first-order valence-corrected chi connectivity index (χ1v) is 12.2. The monoisotopic (exact) mass is 463 g/mol. The Hall–Kier alpha value is -3.02. The Labute approximate surface area is 198 Å². The molecule has 0 saturated carbocycles. The minimum absolute atomic E-state index is 0.00380. The molecule has 1 aromatic heterocycles. The van der Waals surface area contributed by atoms with Gasteiger partial charge in [0.25, 0.3) is 0 Å². The Morgan fingerprint density at radius 2 is 2.12 bits per heavy atom. The fourth-order valence-corrected chi connectivity index (χ4v) is 5.35. The van der Waals surface area contributed by atoms with Crippen LogP contribution in [0.2, 0.25) is 0 Å². The molecule has 0 bridgehead atoms. The third-order valence-electron chi connectivity index (χ3n) is 5.85. The molecule has 4 rings (SSSR count). The highest BCUT2D eigenvalue weighted by Crippen LogP contribution is 2.39. The highest BCUT2D eigenvalue weighted by molar-refractivity contribution is 7.15. The van der Waals surface area contributed by atoms with Crippen LogP contribution in [-0.4, -0.2) is 35.8 Å². The molecule has 0 fully saturated rings. The van der Waals surface area contributed by atoms with Crippen LogP contribution in [0, 0.1) is 17.2 Å². The van der Waals surface area contributed by atoms with Gasteiger partial charge in [-0.05, 0) is 69.4 Å². The minimum atomic E-state index is -0.314. The number of carbonyl (C=O) groups excluding carboxylic acids is 1. The summed E-state index contributed by atoms with van der Waals surface area (Å²) in [5.41, 5.74) is 4.49. The Balaban J connectivity index is 1.60. The van der Waals surface area contributed by atoms with Crippen LogP contribution in [0.4, 0.5) is 0 Å². The van der Waals surface area contributed by atoms with Gasteiger partial charge in [-0.1, -0.05) is 35.6 Å². The molecule has 0 radical (unpaired) electrons. The smallest absolute Gasteiger partial charge is 0.234 e. The molecule has 1 unspecified atom stereocenters. The summed E-state index contributed by atoms with van der Waals surface area (Å²) in [6.07, 6.45) is 7.38. The summed E-state index contributed by atoms with van der Waals surface area (Å²) in [6, 6.07) is 8.59. The first kappa shape index (κ1) is 23.1. The van der Waals surface area contributed by atoms with Crippen molar-refractivity contribution in [1.29, 1.82) is 5.26 Å². The summed E-state index contributed by atoms with van der Waals surface area (Å²) in [6.45, 7) is 4.23. The van der Waals surface area contributed by atoms with Crippen molar-refractivity contribution < 1.29 is 9.53 Å². The number of nitriles is 1. The van der Waals surface area contributed by atoms with Crippen LogP contribution in [0.5, 0.6) is 0 Å². The predicted molar refractivity (Wildman–Crippen MR) is 129 cm³/mol. The maximum atomic E-state index is 12.2. The number of carbonyl (C=O) groups is 1. The van der Waals surface area contributed by atoms with Crippen LogP contribution >= 0.6 is 11.3 Å². The van der Waals surface area contributed by atoms with Crippen LogP contribution in [0.25, 0.3) is 16.1 Å². The van der Waals surface area contributed by atoms with Crippen LogP contribution in [0.15, 0.2) is 36.1 Å². The molecule has 7 nitrogen and oxygen atoms in total. The number of likely N-dealkylation sites (N-methyl/N-ethyl adjacent to an activating group) is 1. The molecular formula is C25H29N5O2S. The van der Waals surface area contributed by atoms with Crippen molar-refractivity contribution in [2.24, 2.45) is 5.92 Å². The number of benzene rings is 1. The Morgan fingerprint density at radius 3 is 2.88 bits per heavy atom. The van der Waals surface area contributed by atoms with Crippen molar-refractivity contribution in [2.45, 2.75) is 51.7 Å². The summed E-state index contributed by atoms with van der Waals surface area (Å²) >= 11 is 1.55. The SMILES string of the molecule is CNCC(=O)N[C@@H]1CCCc2c(-c3nnc(C4=CC=C(OC(C)C)C(C#N)C4)s3)cccc21. The normalized spacial score (nSPS) is 19.8. The zero-order chi connectivity index (χ0) is 23.4. The number of hydrogen-bond acceptors (Lipinski definition) is 7. The highest BCUT2D eigenvalue weighted by Gasteiger charge is 2.27. The lowest BCUT2D eigenvalue weighted by atomic mass is 9.85. The third kappa shape index (κ3) is 5.15. The molecule has 2 N–H and O–H groups in total. The van der Waals surface area contributed by atoms with Crippen LogP contribution in [0.3, 0.4) is 0 Å². The molecule has 33 heavy (non-hydrogen) atoms. The number of hydrogen-bond donors (Lipinski definition) is 2. The summed E-state index contributed by atoms with van der Waals surface area (Å²) in [5, 5.41) is 26.3. The molecule has 2 atom stereocenters. The van der Waals surface area contributed by atoms with E-state index >= 15 is 0 Å². The van der Waals surface area contributed by atoms with Crippen molar-refractivity contribution in [3.8, 4) is 16.6 Å². The van der Waals surface area contributed by atoms with E-state index < -0.39 is 0 Å². The number of nitrogens with zero attached hydrogens (tertiary/aromatic N) is 3. The van der Waals surface area contributed by atoms with Crippen LogP contribution < -0.4 is 10.6 Å². The van der Waals surface area contributed by atoms with E-state index in [4.69, 9.17) is 4.74 Å². The second kappa shape index (κ2) is 10.3. The van der Waals surface area contributed by atoms with Gasteiger partial charge in [0.1, 0.15) is 21.7 Å². The number of fused-ring (bicyclic) bond motifs is 1. The fourth-order valence-electron chi connectivity index (χ4n) is 4.42. The Bertz CT molecular complexity index is 1130. The average Bonchev–Trinajstić information content (AvgIpc) is 3.29. The standard InChI is InChI=1S/C25H29N5O2S/c1-15(2)32-22-11-10-16(12-17(22)13-26)24-29-30-25(33-24)20-8-4-7-19-18(20)6-5-9-21(19)28-23(31)14-27-3/h4,7-8,10-11,15,17,21,27H,5-6,9,12,14H2,1-3H3,(H,28,31)/t17?,21-/m1/s1. The van der Waals surface area contributed by atoms with Gasteiger partial charge in [-0.25, -0.2) is 0 Å². The third-order valence-corrected chi connectivity index (χ3v) is 6.89.